The largest absolute Gasteiger partial charge is 0.456 e. The molecule has 0 radical (unpaired) electrons. The van der Waals surface area contributed by atoms with Gasteiger partial charge in [0.1, 0.15) is 5.76 Å². The highest BCUT2D eigenvalue weighted by molar-refractivity contribution is 6.99. The summed E-state index contributed by atoms with van der Waals surface area (Å²) in [6, 6.07) is 50.6. The topological polar surface area (TPSA) is 102 Å². The minimum atomic E-state index is -2.90. The molecule has 0 amide bonds. The molecule has 1 fully saturated rings. The zero-order chi connectivity index (χ0) is 51.0. The second-order valence-corrected chi connectivity index (χ2v) is 25.6. The van der Waals surface area contributed by atoms with Crippen molar-refractivity contribution in [3.05, 3.63) is 180 Å². The van der Waals surface area contributed by atoms with E-state index in [9.17, 15) is 9.59 Å². The first-order valence-electron chi connectivity index (χ1n) is 25.2. The monoisotopic (exact) mass is 982 g/mol. The highest BCUT2D eigenvalue weighted by atomic mass is 28.4. The Hall–Kier alpha value is -5.40. The molecule has 71 heavy (non-hydrogen) atoms. The SMILES string of the molecule is CO[C@](C)(C[C@@H](C)CO[Si](c1ccccc1)(c1ccccc1)C(C)(C)C)[C@H](O[C@@H]1O[C@H](C)C[C@H](N(Cc2ccccc2)Cc2ccccc2)[C@H]1OC(=O)c1ccccc1)[C@@H](C)C1=C(C)C(=O)OC(C)(C)O1. The number of hydrogen-bond acceptors (Lipinski definition) is 10. The van der Waals surface area contributed by atoms with E-state index in [0.29, 0.717) is 49.4 Å². The van der Waals surface area contributed by atoms with E-state index in [0.717, 1.165) is 11.1 Å². The van der Waals surface area contributed by atoms with E-state index >= 15 is 0 Å². The quantitative estimate of drug-likeness (QED) is 0.0553. The van der Waals surface area contributed by atoms with Crippen molar-refractivity contribution in [2.75, 3.05) is 13.7 Å². The van der Waals surface area contributed by atoms with E-state index in [4.69, 9.17) is 32.8 Å². The second kappa shape index (κ2) is 23.0. The van der Waals surface area contributed by atoms with Gasteiger partial charge < -0.3 is 32.8 Å². The molecular weight excluding hydrogens is 907 g/mol. The van der Waals surface area contributed by atoms with Gasteiger partial charge in [-0.05, 0) is 78.2 Å². The number of carbonyl (C=O) groups is 2. The number of hydrogen-bond donors (Lipinski definition) is 0. The number of rotatable bonds is 20. The smallest absolute Gasteiger partial charge is 0.340 e. The first kappa shape index (κ1) is 53.4. The summed E-state index contributed by atoms with van der Waals surface area (Å²) in [6.07, 6.45) is -2.11. The molecule has 0 unspecified atom stereocenters. The van der Waals surface area contributed by atoms with Crippen molar-refractivity contribution in [2.24, 2.45) is 11.8 Å². The van der Waals surface area contributed by atoms with Crippen molar-refractivity contribution in [1.29, 1.82) is 0 Å². The van der Waals surface area contributed by atoms with Crippen LogP contribution in [0.2, 0.25) is 5.04 Å². The van der Waals surface area contributed by atoms with Crippen LogP contribution in [-0.4, -0.2) is 80.9 Å². The average molecular weight is 982 g/mol. The Labute approximate surface area is 423 Å². The minimum Gasteiger partial charge on any atom is -0.456 e. The molecule has 2 aliphatic rings. The highest BCUT2D eigenvalue weighted by Gasteiger charge is 2.53. The number of ether oxygens (including phenoxy) is 6. The molecule has 5 aromatic carbocycles. The molecule has 378 valence electrons. The molecule has 0 saturated carbocycles. The van der Waals surface area contributed by atoms with E-state index in [1.54, 1.807) is 40.0 Å². The van der Waals surface area contributed by atoms with Crippen LogP contribution in [0.3, 0.4) is 0 Å². The second-order valence-electron chi connectivity index (χ2n) is 21.3. The molecule has 0 bridgehead atoms. The third-order valence-corrected chi connectivity index (χ3v) is 19.1. The van der Waals surface area contributed by atoms with Gasteiger partial charge in [-0.1, -0.05) is 174 Å². The Kier molecular flexibility index (Phi) is 17.3. The van der Waals surface area contributed by atoms with Gasteiger partial charge >= 0.3 is 11.9 Å². The molecule has 0 aliphatic carbocycles. The number of benzene rings is 5. The molecule has 1 saturated heterocycles. The van der Waals surface area contributed by atoms with Crippen molar-refractivity contribution in [3.63, 3.8) is 0 Å². The Morgan fingerprint density at radius 3 is 1.75 bits per heavy atom. The van der Waals surface area contributed by atoms with Crippen LogP contribution in [0.1, 0.15) is 104 Å². The summed E-state index contributed by atoms with van der Waals surface area (Å²) in [4.78, 5) is 30.3. The van der Waals surface area contributed by atoms with Crippen molar-refractivity contribution in [1.82, 2.24) is 4.90 Å². The number of carbonyl (C=O) groups excluding carboxylic acids is 2. The van der Waals surface area contributed by atoms with Gasteiger partial charge in [0.15, 0.2) is 12.4 Å². The van der Waals surface area contributed by atoms with Crippen LogP contribution in [0, 0.1) is 11.8 Å². The molecule has 0 spiro atoms. The summed E-state index contributed by atoms with van der Waals surface area (Å²) in [7, 11) is -1.21. The molecule has 5 aromatic rings. The number of esters is 2. The van der Waals surface area contributed by atoms with Crippen molar-refractivity contribution >= 4 is 30.6 Å². The maximum atomic E-state index is 14.4. The van der Waals surface area contributed by atoms with Crippen molar-refractivity contribution < 1.29 is 42.4 Å². The van der Waals surface area contributed by atoms with Crippen LogP contribution >= 0.6 is 0 Å². The summed E-state index contributed by atoms with van der Waals surface area (Å²) in [5.41, 5.74) is 1.93. The fraction of sp³-hybridized carbons (Fsp3) is 0.433. The molecule has 0 N–H and O–H groups in total. The van der Waals surface area contributed by atoms with Gasteiger partial charge in [0, 0.05) is 46.6 Å². The molecule has 7 rings (SSSR count). The van der Waals surface area contributed by atoms with Gasteiger partial charge in [0.2, 0.25) is 5.79 Å². The molecule has 8 atom stereocenters. The molecule has 2 aliphatic heterocycles. The first-order valence-corrected chi connectivity index (χ1v) is 27.1. The lowest BCUT2D eigenvalue weighted by molar-refractivity contribution is -0.300. The van der Waals surface area contributed by atoms with E-state index in [2.05, 4.69) is 118 Å². The lowest BCUT2D eigenvalue weighted by Crippen LogP contribution is -2.67. The van der Waals surface area contributed by atoms with Crippen LogP contribution in [-0.2, 0) is 50.7 Å². The van der Waals surface area contributed by atoms with E-state index in [1.165, 1.54) is 10.4 Å². The van der Waals surface area contributed by atoms with Crippen molar-refractivity contribution in [2.45, 2.75) is 142 Å². The molecular formula is C60H75NO9Si. The molecule has 2 heterocycles. The number of cyclic esters (lactones) is 1. The van der Waals surface area contributed by atoms with Gasteiger partial charge in [-0.2, -0.15) is 0 Å². The predicted molar refractivity (Wildman–Crippen MR) is 281 cm³/mol. The van der Waals surface area contributed by atoms with E-state index < -0.39 is 56.1 Å². The Morgan fingerprint density at radius 1 is 0.761 bits per heavy atom. The lowest BCUT2D eigenvalue weighted by Gasteiger charge is -2.49. The Morgan fingerprint density at radius 2 is 1.25 bits per heavy atom. The van der Waals surface area contributed by atoms with Crippen LogP contribution in [0.4, 0.5) is 0 Å². The summed E-state index contributed by atoms with van der Waals surface area (Å²) >= 11 is 0. The molecule has 10 nitrogen and oxygen atoms in total. The van der Waals surface area contributed by atoms with Gasteiger partial charge in [0.05, 0.1) is 35.0 Å². The average Bonchev–Trinajstić information content (AvgIpc) is 3.35. The zero-order valence-electron chi connectivity index (χ0n) is 43.6. The van der Waals surface area contributed by atoms with Crippen LogP contribution < -0.4 is 10.4 Å². The highest BCUT2D eigenvalue weighted by Crippen LogP contribution is 2.43. The summed E-state index contributed by atoms with van der Waals surface area (Å²) in [6.45, 7) is 21.8. The normalized spacial score (nSPS) is 21.6. The van der Waals surface area contributed by atoms with E-state index in [-0.39, 0.29) is 23.1 Å². The first-order chi connectivity index (χ1) is 33.8. The fourth-order valence-electron chi connectivity index (χ4n) is 10.7. The lowest BCUT2D eigenvalue weighted by atomic mass is 9.80. The van der Waals surface area contributed by atoms with Gasteiger partial charge in [-0.3, -0.25) is 4.90 Å². The van der Waals surface area contributed by atoms with Gasteiger partial charge in [0.25, 0.3) is 8.32 Å². The summed E-state index contributed by atoms with van der Waals surface area (Å²) < 4.78 is 47.6. The third kappa shape index (κ3) is 12.6. The summed E-state index contributed by atoms with van der Waals surface area (Å²) in [5, 5.41) is 2.17. The Bertz CT molecular complexity index is 2440. The van der Waals surface area contributed by atoms with E-state index in [1.807, 2.05) is 75.4 Å². The van der Waals surface area contributed by atoms with Crippen LogP contribution in [0.15, 0.2) is 163 Å². The fourth-order valence-corrected chi connectivity index (χ4v) is 15.4. The van der Waals surface area contributed by atoms with Gasteiger partial charge in [-0.15, -0.1) is 0 Å². The maximum Gasteiger partial charge on any atom is 0.340 e. The molecule has 0 aromatic heterocycles. The zero-order valence-corrected chi connectivity index (χ0v) is 44.6. The number of nitrogens with zero attached hydrogens (tertiary/aromatic N) is 1. The Balaban J connectivity index is 1.30. The van der Waals surface area contributed by atoms with Crippen LogP contribution in [0.5, 0.6) is 0 Å². The van der Waals surface area contributed by atoms with Crippen molar-refractivity contribution in [3.8, 4) is 0 Å². The number of methoxy groups -OCH3 is 1. The standard InChI is InChI=1S/C60H75NO9Si/c1-42(41-65-71(58(5,6)7,49-33-23-15-24-34-49)50-35-25-16-26-36-50)38-60(10,64-11)54(44(3)52-45(4)55(62)70-59(8,9)69-52)68-57-53(67-56(63)48-31-21-14-22-32-48)51(37-43(2)66-57)61(39-46-27-17-12-18-28-46)40-47-29-19-13-20-30-47/h12-36,42-44,51,53-54,57H,37-41H2,1-11H3/t42-,43-,44+,51+,53-,54-,57+,60-/m1/s1. The third-order valence-electron chi connectivity index (χ3n) is 14.1. The summed E-state index contributed by atoms with van der Waals surface area (Å²) in [5.74, 6) is -2.42. The van der Waals surface area contributed by atoms with Crippen LogP contribution in [0.25, 0.3) is 0 Å². The maximum absolute atomic E-state index is 14.4. The van der Waals surface area contributed by atoms with Gasteiger partial charge in [-0.25, -0.2) is 9.59 Å². The molecule has 11 heteroatoms. The minimum absolute atomic E-state index is 0.0680. The predicted octanol–water partition coefficient (Wildman–Crippen LogP) is 11.0.